The molecule has 2 aliphatic carbocycles. The van der Waals surface area contributed by atoms with Crippen LogP contribution < -0.4 is 4.90 Å². The number of aliphatic imine (C=N–C) groups is 1. The van der Waals surface area contributed by atoms with Crippen molar-refractivity contribution in [1.29, 1.82) is 0 Å². The number of carbonyl (C=O) groups is 1. The zero-order valence-electron chi connectivity index (χ0n) is 22.9. The first-order valence-electron chi connectivity index (χ1n) is 14.6. The maximum absolute atomic E-state index is 13.8. The molecule has 2 saturated carbocycles. The van der Waals surface area contributed by atoms with Gasteiger partial charge in [0.05, 0.1) is 10.9 Å². The third kappa shape index (κ3) is 5.28. The van der Waals surface area contributed by atoms with E-state index in [1.807, 2.05) is 0 Å². The molecular weight excluding hydrogens is 462 g/mol. The second-order valence-corrected chi connectivity index (χ2v) is 13.2. The predicted octanol–water partition coefficient (Wildman–Crippen LogP) is 8.13. The van der Waals surface area contributed by atoms with Crippen LogP contribution in [0.1, 0.15) is 122 Å². The van der Waals surface area contributed by atoms with Crippen molar-refractivity contribution in [3.8, 4) is 0 Å². The van der Waals surface area contributed by atoms with E-state index in [2.05, 4.69) is 61.8 Å². The first-order chi connectivity index (χ1) is 17.4. The fourth-order valence-corrected chi connectivity index (χ4v) is 8.11. The minimum atomic E-state index is 0.171. The van der Waals surface area contributed by atoms with Gasteiger partial charge in [0.2, 0.25) is 0 Å². The van der Waals surface area contributed by atoms with Crippen molar-refractivity contribution in [2.24, 2.45) is 4.99 Å². The Morgan fingerprint density at radius 2 is 1.75 bits per heavy atom. The summed E-state index contributed by atoms with van der Waals surface area (Å²) in [6, 6.07) is 7.57. The molecule has 1 saturated heterocycles. The highest BCUT2D eigenvalue weighted by molar-refractivity contribution is 8.18. The van der Waals surface area contributed by atoms with E-state index in [0.29, 0.717) is 18.0 Å². The van der Waals surface area contributed by atoms with E-state index in [1.54, 1.807) is 11.8 Å². The molecule has 0 N–H and O–H groups in total. The van der Waals surface area contributed by atoms with Crippen molar-refractivity contribution < 1.29 is 4.79 Å². The number of nitrogens with zero attached hydrogens (tertiary/aromatic N) is 3. The molecule has 1 aromatic carbocycles. The van der Waals surface area contributed by atoms with E-state index >= 15 is 0 Å². The summed E-state index contributed by atoms with van der Waals surface area (Å²) < 4.78 is 0. The summed E-state index contributed by atoms with van der Waals surface area (Å²) in [4.78, 5) is 24.5. The van der Waals surface area contributed by atoms with Crippen LogP contribution in [-0.4, -0.2) is 40.1 Å². The number of rotatable bonds is 5. The number of amidine groups is 1. The van der Waals surface area contributed by atoms with E-state index < -0.39 is 0 Å². The number of amides is 1. The molecule has 0 spiro atoms. The molecule has 1 aromatic rings. The first kappa shape index (κ1) is 25.9. The molecule has 2 aliphatic heterocycles. The SMILES string of the molecule is CCCN1c2ccc(/C=C3/SC(=NC4CCCCC4)N(C4CCCCC4)C3=O)cc2C(C)CC1(C)C. The number of thioether (sulfide) groups is 1. The third-order valence-corrected chi connectivity index (χ3v) is 9.80. The quantitative estimate of drug-likeness (QED) is 0.377. The van der Waals surface area contributed by atoms with E-state index in [4.69, 9.17) is 4.99 Å². The van der Waals surface area contributed by atoms with Crippen LogP contribution in [0.3, 0.4) is 0 Å². The van der Waals surface area contributed by atoms with Crippen LogP contribution in [0, 0.1) is 0 Å². The second kappa shape index (κ2) is 10.9. The average Bonchev–Trinajstić information content (AvgIpc) is 3.17. The molecule has 5 rings (SSSR count). The minimum Gasteiger partial charge on any atom is -0.366 e. The van der Waals surface area contributed by atoms with Gasteiger partial charge in [0.1, 0.15) is 0 Å². The molecule has 1 amide bonds. The molecule has 0 aromatic heterocycles. The molecule has 5 heteroatoms. The van der Waals surface area contributed by atoms with Crippen molar-refractivity contribution in [1.82, 2.24) is 4.90 Å². The summed E-state index contributed by atoms with van der Waals surface area (Å²) in [5, 5.41) is 0.979. The van der Waals surface area contributed by atoms with Gasteiger partial charge in [-0.15, -0.1) is 0 Å². The van der Waals surface area contributed by atoms with Gasteiger partial charge in [-0.1, -0.05) is 58.4 Å². The number of hydrogen-bond donors (Lipinski definition) is 0. The molecule has 4 nitrogen and oxygen atoms in total. The summed E-state index contributed by atoms with van der Waals surface area (Å²) in [6.45, 7) is 10.5. The zero-order chi connectivity index (χ0) is 25.3. The highest BCUT2D eigenvalue weighted by Crippen LogP contribution is 2.44. The Morgan fingerprint density at radius 3 is 2.44 bits per heavy atom. The molecule has 196 valence electrons. The summed E-state index contributed by atoms with van der Waals surface area (Å²) >= 11 is 1.63. The highest BCUT2D eigenvalue weighted by atomic mass is 32.2. The van der Waals surface area contributed by atoms with E-state index in [-0.39, 0.29) is 11.4 Å². The lowest BCUT2D eigenvalue weighted by molar-refractivity contribution is -0.124. The van der Waals surface area contributed by atoms with Gasteiger partial charge in [-0.25, -0.2) is 0 Å². The Bertz CT molecular complexity index is 1020. The van der Waals surface area contributed by atoms with Gasteiger partial charge in [0.25, 0.3) is 5.91 Å². The van der Waals surface area contributed by atoms with E-state index in [1.165, 1.54) is 62.6 Å². The fraction of sp³-hybridized carbons (Fsp3) is 0.677. The smallest absolute Gasteiger partial charge is 0.266 e. The molecule has 4 aliphatic rings. The van der Waals surface area contributed by atoms with Gasteiger partial charge in [-0.2, -0.15) is 0 Å². The Balaban J connectivity index is 1.45. The maximum Gasteiger partial charge on any atom is 0.266 e. The van der Waals surface area contributed by atoms with Crippen LogP contribution in [0.15, 0.2) is 28.1 Å². The van der Waals surface area contributed by atoms with Gasteiger partial charge in [0.15, 0.2) is 5.17 Å². The van der Waals surface area contributed by atoms with Gasteiger partial charge >= 0.3 is 0 Å². The van der Waals surface area contributed by atoms with Crippen molar-refractivity contribution in [2.45, 2.75) is 128 Å². The van der Waals surface area contributed by atoms with Gasteiger partial charge in [-0.05, 0) is 99.4 Å². The Hall–Kier alpha value is -1.75. The lowest BCUT2D eigenvalue weighted by atomic mass is 9.79. The van der Waals surface area contributed by atoms with Crippen molar-refractivity contribution >= 4 is 34.6 Å². The molecule has 36 heavy (non-hydrogen) atoms. The van der Waals surface area contributed by atoms with Crippen LogP contribution >= 0.6 is 11.8 Å². The minimum absolute atomic E-state index is 0.171. The third-order valence-electron chi connectivity index (χ3n) is 8.80. The van der Waals surface area contributed by atoms with Crippen LogP contribution in [0.25, 0.3) is 6.08 Å². The normalized spacial score (nSPS) is 27.8. The monoisotopic (exact) mass is 507 g/mol. The number of hydrogen-bond acceptors (Lipinski definition) is 4. The molecule has 3 fully saturated rings. The zero-order valence-corrected chi connectivity index (χ0v) is 23.7. The topological polar surface area (TPSA) is 35.9 Å². The van der Waals surface area contributed by atoms with Crippen LogP contribution in [0.2, 0.25) is 0 Å². The molecular formula is C31H45N3OS. The Labute approximate surface area is 223 Å². The predicted molar refractivity (Wildman–Crippen MR) is 155 cm³/mol. The van der Waals surface area contributed by atoms with Crippen molar-refractivity contribution in [2.75, 3.05) is 11.4 Å². The van der Waals surface area contributed by atoms with Crippen molar-refractivity contribution in [3.05, 3.63) is 34.2 Å². The number of benzene rings is 1. The van der Waals surface area contributed by atoms with E-state index in [0.717, 1.165) is 47.9 Å². The molecule has 2 heterocycles. The van der Waals surface area contributed by atoms with E-state index in [9.17, 15) is 4.79 Å². The molecule has 0 bridgehead atoms. The lowest BCUT2D eigenvalue weighted by Gasteiger charge is -2.47. The molecule has 1 unspecified atom stereocenters. The van der Waals surface area contributed by atoms with Crippen molar-refractivity contribution in [3.63, 3.8) is 0 Å². The van der Waals surface area contributed by atoms with Crippen LogP contribution in [0.4, 0.5) is 5.69 Å². The number of carbonyl (C=O) groups excluding carboxylic acids is 1. The average molecular weight is 508 g/mol. The molecule has 1 atom stereocenters. The maximum atomic E-state index is 13.8. The standard InChI is InChI=1S/C31H45N3OS/c1-5-18-33-27-17-16-23(19-26(27)22(2)21-31(33,3)4)20-28-29(35)34(25-14-10-7-11-15-25)30(36-28)32-24-12-8-6-9-13-24/h16-17,19-20,22,24-25H,5-15,18,21H2,1-4H3/b28-20+,32-30?. The first-order valence-corrected chi connectivity index (χ1v) is 15.4. The van der Waals surface area contributed by atoms with Crippen LogP contribution in [0.5, 0.6) is 0 Å². The number of fused-ring (bicyclic) bond motifs is 1. The van der Waals surface area contributed by atoms with Gasteiger partial charge in [0, 0.05) is 23.8 Å². The molecule has 0 radical (unpaired) electrons. The highest BCUT2D eigenvalue weighted by Gasteiger charge is 2.40. The van der Waals surface area contributed by atoms with Crippen LogP contribution in [-0.2, 0) is 4.79 Å². The Kier molecular flexibility index (Phi) is 7.86. The Morgan fingerprint density at radius 1 is 1.06 bits per heavy atom. The second-order valence-electron chi connectivity index (χ2n) is 12.2. The lowest BCUT2D eigenvalue weighted by Crippen LogP contribution is -2.48. The van der Waals surface area contributed by atoms with Gasteiger partial charge < -0.3 is 4.90 Å². The summed E-state index contributed by atoms with van der Waals surface area (Å²) in [7, 11) is 0. The largest absolute Gasteiger partial charge is 0.366 e. The fourth-order valence-electron chi connectivity index (χ4n) is 7.00. The van der Waals surface area contributed by atoms with Gasteiger partial charge in [-0.3, -0.25) is 14.7 Å². The summed E-state index contributed by atoms with van der Waals surface area (Å²) in [6.07, 6.45) is 16.6. The summed E-state index contributed by atoms with van der Waals surface area (Å²) in [5.41, 5.74) is 4.12. The number of anilines is 1. The summed E-state index contributed by atoms with van der Waals surface area (Å²) in [5.74, 6) is 0.691.